The fourth-order valence-electron chi connectivity index (χ4n) is 9.19. The second-order valence-electron chi connectivity index (χ2n) is 15.0. The summed E-state index contributed by atoms with van der Waals surface area (Å²) < 4.78 is 0.153. The second kappa shape index (κ2) is 12.1. The Morgan fingerprint density at radius 2 is 1.04 bits per heavy atom. The first-order chi connectivity index (χ1) is 23.5. The predicted octanol–water partition coefficient (Wildman–Crippen LogP) is 13.9. The van der Waals surface area contributed by atoms with Crippen molar-refractivity contribution in [3.63, 3.8) is 0 Å². The predicted molar refractivity (Wildman–Crippen MR) is 216 cm³/mol. The number of fused-ring (bicyclic) bond motifs is 4. The molecule has 0 spiro atoms. The van der Waals surface area contributed by atoms with E-state index < -0.39 is 21.5 Å². The van der Waals surface area contributed by atoms with E-state index in [1.54, 1.807) is 0 Å². The van der Waals surface area contributed by atoms with Crippen LogP contribution >= 0.6 is 17.0 Å². The van der Waals surface area contributed by atoms with Crippen molar-refractivity contribution in [1.29, 1.82) is 0 Å². The van der Waals surface area contributed by atoms with Crippen molar-refractivity contribution in [2.45, 2.75) is 54.5 Å². The van der Waals surface area contributed by atoms with Crippen LogP contribution in [0.15, 0.2) is 120 Å². The molecule has 0 heterocycles. The van der Waals surface area contributed by atoms with Crippen LogP contribution in [-0.4, -0.2) is 5.92 Å². The van der Waals surface area contributed by atoms with Crippen LogP contribution in [0.1, 0.15) is 60.9 Å². The third-order valence-corrected chi connectivity index (χ3v) is 63.7. The van der Waals surface area contributed by atoms with Gasteiger partial charge in [-0.1, -0.05) is 0 Å². The van der Waals surface area contributed by atoms with Gasteiger partial charge in [0.1, 0.15) is 0 Å². The summed E-state index contributed by atoms with van der Waals surface area (Å²) in [5, 5.41) is 5.05. The van der Waals surface area contributed by atoms with Crippen LogP contribution in [-0.2, 0) is 15.6 Å². The molecule has 0 nitrogen and oxygen atoms in total. The van der Waals surface area contributed by atoms with Crippen LogP contribution in [0.25, 0.3) is 56.0 Å². The van der Waals surface area contributed by atoms with Gasteiger partial charge in [-0.25, -0.2) is 0 Å². The molecule has 0 N–H and O–H groups in total. The first kappa shape index (κ1) is 33.2. The summed E-state index contributed by atoms with van der Waals surface area (Å²) in [5.74, 6) is -1.65. The van der Waals surface area contributed by atoms with Crippen molar-refractivity contribution in [2.75, 3.05) is 0 Å². The van der Waals surface area contributed by atoms with E-state index in [2.05, 4.69) is 162 Å². The SMILES string of the molecule is CCC1=Cc2c(-c3ccc4ccccc4c3)cc(C)cc2[CH]1[Zr]([Cl])([Cl])([CH]1C(C)=Cc2c(-c3ccc4ccccc4c3)cc(C)cc21)[SiH](C)C. The van der Waals surface area contributed by atoms with E-state index in [0.29, 0.717) is 0 Å². The number of hydrogen-bond acceptors (Lipinski definition) is 0. The molecule has 0 radical (unpaired) electrons. The maximum atomic E-state index is 8.68. The Morgan fingerprint density at radius 1 is 0.571 bits per heavy atom. The molecule has 8 rings (SSSR count). The van der Waals surface area contributed by atoms with E-state index in [4.69, 9.17) is 17.0 Å². The van der Waals surface area contributed by atoms with Gasteiger partial charge in [-0.3, -0.25) is 0 Å². The van der Waals surface area contributed by atoms with E-state index in [0.717, 1.165) is 6.42 Å². The molecule has 6 aromatic carbocycles. The van der Waals surface area contributed by atoms with Crippen molar-refractivity contribution in [3.05, 3.63) is 154 Å². The molecule has 2 atom stereocenters. The molecular formula is C45H43Cl2SiZr. The fraction of sp³-hybridized carbons (Fsp3) is 0.200. The van der Waals surface area contributed by atoms with Crippen molar-refractivity contribution >= 4 is 56.6 Å². The van der Waals surface area contributed by atoms with Gasteiger partial charge < -0.3 is 0 Å². The number of rotatable bonds is 6. The normalized spacial score (nSPS) is 17.9. The van der Waals surface area contributed by atoms with E-state index >= 15 is 0 Å². The first-order valence-electron chi connectivity index (χ1n) is 17.7. The zero-order chi connectivity index (χ0) is 34.3. The van der Waals surface area contributed by atoms with Crippen LogP contribution in [0.3, 0.4) is 0 Å². The molecule has 0 saturated heterocycles. The Hall–Kier alpha value is -3.00. The molecular weight excluding hydrogens is 731 g/mol. The fourth-order valence-corrected chi connectivity index (χ4v) is 41.5. The molecule has 0 aliphatic heterocycles. The topological polar surface area (TPSA) is 0 Å². The summed E-state index contributed by atoms with van der Waals surface area (Å²) >= 11 is -4.85. The zero-order valence-electron chi connectivity index (χ0n) is 29.2. The van der Waals surface area contributed by atoms with E-state index in [1.165, 1.54) is 88.3 Å². The third kappa shape index (κ3) is 5.16. The van der Waals surface area contributed by atoms with Gasteiger partial charge in [0.05, 0.1) is 0 Å². The number of halogens is 2. The maximum absolute atomic E-state index is 8.68. The van der Waals surface area contributed by atoms with Gasteiger partial charge >= 0.3 is 303 Å². The van der Waals surface area contributed by atoms with Gasteiger partial charge in [0.25, 0.3) is 0 Å². The minimum absolute atomic E-state index is 0.0704. The molecule has 2 aliphatic rings. The monoisotopic (exact) mass is 771 g/mol. The number of aryl methyl sites for hydroxylation is 2. The van der Waals surface area contributed by atoms with Crippen molar-refractivity contribution in [3.8, 4) is 22.3 Å². The third-order valence-electron chi connectivity index (χ3n) is 11.6. The molecule has 2 unspecified atom stereocenters. The van der Waals surface area contributed by atoms with Gasteiger partial charge in [0.2, 0.25) is 0 Å². The Labute approximate surface area is 300 Å². The number of allylic oxidation sites excluding steroid dienone is 2. The molecule has 4 heteroatoms. The van der Waals surface area contributed by atoms with Crippen molar-refractivity contribution in [2.24, 2.45) is 0 Å². The summed E-state index contributed by atoms with van der Waals surface area (Å²) in [7, 11) is 17.4. The van der Waals surface area contributed by atoms with Crippen LogP contribution in [0, 0.1) is 13.8 Å². The van der Waals surface area contributed by atoms with Gasteiger partial charge in [0.15, 0.2) is 0 Å². The zero-order valence-corrected chi connectivity index (χ0v) is 34.4. The number of benzene rings is 6. The molecule has 245 valence electrons. The molecule has 49 heavy (non-hydrogen) atoms. The molecule has 6 aromatic rings. The summed E-state index contributed by atoms with van der Waals surface area (Å²) in [5.41, 5.74) is 15.7. The second-order valence-corrected chi connectivity index (χ2v) is 57.5. The molecule has 0 aromatic heterocycles. The van der Waals surface area contributed by atoms with Crippen LogP contribution in [0.4, 0.5) is 0 Å². The molecule has 0 fully saturated rings. The van der Waals surface area contributed by atoms with Gasteiger partial charge in [-0.2, -0.15) is 0 Å². The molecule has 2 aliphatic carbocycles. The average molecular weight is 774 g/mol. The summed E-state index contributed by atoms with van der Waals surface area (Å²) in [6.07, 6.45) is 5.85. The summed E-state index contributed by atoms with van der Waals surface area (Å²) in [6, 6.07) is 40.6. The standard InChI is InChI=1S/C22H19.C21H17.C2H7Si.2ClH.Zr/c1-3-16-12-20-10-15(2)11-21(22(20)13-16)19-9-8-17-6-4-5-7-18(17)14-19;1-14-9-19-10-15(2)12-21(19)20(11-14)18-8-7-16-5-3-4-6-17(16)13-18;1-3-2;;;/h4-14H,3H2,1-2H3;3-13H,1-2H3;3H,1-2H3;2*1H;/q;;;;;+2/p-2. The minimum atomic E-state index is -4.85. The van der Waals surface area contributed by atoms with E-state index in [1.807, 2.05) is 0 Å². The molecule has 0 saturated carbocycles. The summed E-state index contributed by atoms with van der Waals surface area (Å²) in [4.78, 5) is 0. The quantitative estimate of drug-likeness (QED) is 0.148. The Kier molecular flexibility index (Phi) is 8.16. The summed E-state index contributed by atoms with van der Waals surface area (Å²) in [6.45, 7) is 14.0. The van der Waals surface area contributed by atoms with Crippen LogP contribution in [0.2, 0.25) is 13.1 Å². The molecule has 0 amide bonds. The van der Waals surface area contributed by atoms with Gasteiger partial charge in [-0.05, 0) is 0 Å². The Balaban J connectivity index is 1.33. The van der Waals surface area contributed by atoms with Crippen LogP contribution < -0.4 is 0 Å². The Morgan fingerprint density at radius 3 is 1.53 bits per heavy atom. The first-order valence-corrected chi connectivity index (χ1v) is 34.0. The van der Waals surface area contributed by atoms with Crippen LogP contribution in [0.5, 0.6) is 0 Å². The van der Waals surface area contributed by atoms with Crippen molar-refractivity contribution < 1.29 is 15.6 Å². The van der Waals surface area contributed by atoms with E-state index in [-0.39, 0.29) is 7.25 Å². The van der Waals surface area contributed by atoms with Crippen molar-refractivity contribution in [1.82, 2.24) is 0 Å². The van der Waals surface area contributed by atoms with Gasteiger partial charge in [0, 0.05) is 0 Å². The molecule has 0 bridgehead atoms. The van der Waals surface area contributed by atoms with Gasteiger partial charge in [-0.15, -0.1) is 0 Å². The van der Waals surface area contributed by atoms with E-state index in [9.17, 15) is 0 Å². The Bertz CT molecular complexity index is 2400. The average Bonchev–Trinajstić information content (AvgIpc) is 3.65. The number of hydrogen-bond donors (Lipinski definition) is 0.